The molecular weight excluding hydrogens is 284 g/mol. The van der Waals surface area contributed by atoms with Crippen molar-refractivity contribution >= 4 is 27.7 Å². The van der Waals surface area contributed by atoms with Crippen LogP contribution in [0.3, 0.4) is 0 Å². The fourth-order valence-electron chi connectivity index (χ4n) is 1.91. The molecule has 0 saturated carbocycles. The minimum absolute atomic E-state index is 0.159. The molecule has 0 bridgehead atoms. The van der Waals surface area contributed by atoms with Gasteiger partial charge in [-0.3, -0.25) is 24.0 Å². The second kappa shape index (κ2) is 5.04. The van der Waals surface area contributed by atoms with Gasteiger partial charge in [-0.25, -0.2) is 8.42 Å². The molecule has 0 fully saturated rings. The Labute approximate surface area is 115 Å². The second-order valence-corrected chi connectivity index (χ2v) is 6.10. The zero-order valence-electron chi connectivity index (χ0n) is 10.6. The van der Waals surface area contributed by atoms with Crippen LogP contribution >= 0.6 is 0 Å². The number of benzene rings is 1. The van der Waals surface area contributed by atoms with Gasteiger partial charge in [0.2, 0.25) is 15.9 Å². The van der Waals surface area contributed by atoms with Gasteiger partial charge in [0.25, 0.3) is 11.8 Å². The highest BCUT2D eigenvalue weighted by molar-refractivity contribution is 7.89. The average Bonchev–Trinajstić information content (AvgIpc) is 2.59. The molecule has 3 amide bonds. The van der Waals surface area contributed by atoms with Crippen molar-refractivity contribution in [2.24, 2.45) is 0 Å². The van der Waals surface area contributed by atoms with Gasteiger partial charge in [-0.2, -0.15) is 0 Å². The molecule has 20 heavy (non-hydrogen) atoms. The summed E-state index contributed by atoms with van der Waals surface area (Å²) < 4.78 is 23.5. The van der Waals surface area contributed by atoms with Crippen LogP contribution in [0.2, 0.25) is 0 Å². The van der Waals surface area contributed by atoms with Gasteiger partial charge in [-0.1, -0.05) is 12.1 Å². The molecule has 0 spiro atoms. The number of nitrogens with one attached hydrogen (secondary N) is 1. The second-order valence-electron chi connectivity index (χ2n) is 4.35. The van der Waals surface area contributed by atoms with E-state index < -0.39 is 27.7 Å². The van der Waals surface area contributed by atoms with Crippen LogP contribution in [0.25, 0.3) is 0 Å². The largest absolute Gasteiger partial charge is 0.274 e. The van der Waals surface area contributed by atoms with Crippen molar-refractivity contribution in [2.75, 3.05) is 12.8 Å². The van der Waals surface area contributed by atoms with E-state index >= 15 is 0 Å². The molecule has 1 N–H and O–H groups in total. The van der Waals surface area contributed by atoms with Crippen molar-refractivity contribution in [1.29, 1.82) is 0 Å². The minimum Gasteiger partial charge on any atom is -0.274 e. The Hall–Kier alpha value is -2.22. The first kappa shape index (κ1) is 14.2. The summed E-state index contributed by atoms with van der Waals surface area (Å²) >= 11 is 0. The quantitative estimate of drug-likeness (QED) is 0.772. The van der Waals surface area contributed by atoms with Gasteiger partial charge < -0.3 is 0 Å². The molecule has 0 aliphatic carbocycles. The Bertz CT molecular complexity index is 661. The Morgan fingerprint density at radius 1 is 1.15 bits per heavy atom. The van der Waals surface area contributed by atoms with Crippen molar-refractivity contribution in [3.8, 4) is 0 Å². The van der Waals surface area contributed by atoms with Gasteiger partial charge in [0, 0.05) is 13.0 Å². The summed E-state index contributed by atoms with van der Waals surface area (Å²) in [6.45, 7) is -0.159. The van der Waals surface area contributed by atoms with Crippen molar-refractivity contribution in [2.45, 2.75) is 6.42 Å². The predicted molar refractivity (Wildman–Crippen MR) is 69.4 cm³/mol. The van der Waals surface area contributed by atoms with Crippen molar-refractivity contribution in [1.82, 2.24) is 9.62 Å². The van der Waals surface area contributed by atoms with Crippen LogP contribution in [0, 0.1) is 0 Å². The number of hydrogen-bond acceptors (Lipinski definition) is 5. The Morgan fingerprint density at radius 3 is 2.10 bits per heavy atom. The van der Waals surface area contributed by atoms with E-state index in [0.717, 1.165) is 11.2 Å². The third-order valence-electron chi connectivity index (χ3n) is 2.74. The van der Waals surface area contributed by atoms with E-state index in [1.165, 1.54) is 12.1 Å². The maximum Gasteiger partial charge on any atom is 0.261 e. The number of amides is 3. The van der Waals surface area contributed by atoms with Gasteiger partial charge in [0.05, 0.1) is 17.4 Å². The molecule has 0 saturated heterocycles. The SMILES string of the molecule is CS(=O)(=O)NC(=O)CCN1C(=O)c2ccccc2C1=O. The fourth-order valence-corrected chi connectivity index (χ4v) is 2.43. The number of fused-ring (bicyclic) bond motifs is 1. The molecule has 106 valence electrons. The molecule has 1 aromatic carbocycles. The number of hydrogen-bond donors (Lipinski definition) is 1. The predicted octanol–water partition coefficient (Wildman–Crippen LogP) is -0.251. The van der Waals surface area contributed by atoms with E-state index in [4.69, 9.17) is 0 Å². The molecule has 8 heteroatoms. The molecule has 1 aromatic rings. The number of carbonyl (C=O) groups excluding carboxylic acids is 3. The Balaban J connectivity index is 2.05. The van der Waals surface area contributed by atoms with Crippen molar-refractivity contribution < 1.29 is 22.8 Å². The smallest absolute Gasteiger partial charge is 0.261 e. The maximum atomic E-state index is 12.0. The first-order valence-electron chi connectivity index (χ1n) is 5.75. The Kier molecular flexibility index (Phi) is 3.58. The molecule has 0 atom stereocenters. The lowest BCUT2D eigenvalue weighted by molar-refractivity contribution is -0.119. The average molecular weight is 296 g/mol. The van der Waals surface area contributed by atoms with Crippen molar-refractivity contribution in [3.05, 3.63) is 35.4 Å². The summed E-state index contributed by atoms with van der Waals surface area (Å²) in [6, 6.07) is 6.35. The van der Waals surface area contributed by atoms with Crippen LogP contribution < -0.4 is 4.72 Å². The van der Waals surface area contributed by atoms with Crippen LogP contribution in [0.1, 0.15) is 27.1 Å². The van der Waals surface area contributed by atoms with Crippen LogP contribution in [0.15, 0.2) is 24.3 Å². The number of rotatable bonds is 4. The van der Waals surface area contributed by atoms with Crippen LogP contribution in [0.4, 0.5) is 0 Å². The molecular formula is C12H12N2O5S. The first-order valence-corrected chi connectivity index (χ1v) is 7.64. The van der Waals surface area contributed by atoms with Gasteiger partial charge >= 0.3 is 0 Å². The number of carbonyl (C=O) groups is 3. The zero-order valence-corrected chi connectivity index (χ0v) is 11.4. The summed E-state index contributed by atoms with van der Waals surface area (Å²) in [5.41, 5.74) is 0.585. The summed E-state index contributed by atoms with van der Waals surface area (Å²) in [5, 5.41) is 0. The number of imide groups is 1. The number of nitrogens with zero attached hydrogens (tertiary/aromatic N) is 1. The monoisotopic (exact) mass is 296 g/mol. The van der Waals surface area contributed by atoms with Gasteiger partial charge in [0.1, 0.15) is 0 Å². The number of sulfonamides is 1. The molecule has 0 radical (unpaired) electrons. The molecule has 7 nitrogen and oxygen atoms in total. The van der Waals surface area contributed by atoms with Gasteiger partial charge in [-0.15, -0.1) is 0 Å². The maximum absolute atomic E-state index is 12.0. The highest BCUT2D eigenvalue weighted by Gasteiger charge is 2.35. The molecule has 1 aliphatic heterocycles. The third kappa shape index (κ3) is 2.85. The van der Waals surface area contributed by atoms with Crippen LogP contribution in [0.5, 0.6) is 0 Å². The molecule has 0 aromatic heterocycles. The fraction of sp³-hybridized carbons (Fsp3) is 0.250. The third-order valence-corrected chi connectivity index (χ3v) is 3.34. The zero-order chi connectivity index (χ0) is 14.9. The van der Waals surface area contributed by atoms with Crippen molar-refractivity contribution in [3.63, 3.8) is 0 Å². The Morgan fingerprint density at radius 2 is 1.65 bits per heavy atom. The summed E-state index contributed by atoms with van der Waals surface area (Å²) in [5.74, 6) is -1.71. The minimum atomic E-state index is -3.64. The van der Waals surface area contributed by atoms with Gasteiger partial charge in [0.15, 0.2) is 0 Å². The summed E-state index contributed by atoms with van der Waals surface area (Å²) in [4.78, 5) is 36.2. The normalized spacial score (nSPS) is 14.3. The van der Waals surface area contributed by atoms with E-state index in [2.05, 4.69) is 0 Å². The van der Waals surface area contributed by atoms with E-state index in [-0.39, 0.29) is 13.0 Å². The molecule has 0 unspecified atom stereocenters. The standard InChI is InChI=1S/C12H12N2O5S/c1-20(18,19)13-10(15)6-7-14-11(16)8-4-2-3-5-9(8)12(14)17/h2-5H,6-7H2,1H3,(H,13,15). The van der Waals surface area contributed by atoms with E-state index in [1.54, 1.807) is 16.9 Å². The molecule has 1 aliphatic rings. The molecule has 2 rings (SSSR count). The lowest BCUT2D eigenvalue weighted by Gasteiger charge is -2.12. The summed E-state index contributed by atoms with van der Waals surface area (Å²) in [7, 11) is -3.64. The van der Waals surface area contributed by atoms with Crippen LogP contribution in [-0.4, -0.2) is 43.8 Å². The van der Waals surface area contributed by atoms with Crippen LogP contribution in [-0.2, 0) is 14.8 Å². The lowest BCUT2D eigenvalue weighted by Crippen LogP contribution is -2.36. The highest BCUT2D eigenvalue weighted by Crippen LogP contribution is 2.22. The topological polar surface area (TPSA) is 101 Å². The van der Waals surface area contributed by atoms with E-state index in [1.807, 2.05) is 0 Å². The van der Waals surface area contributed by atoms with Gasteiger partial charge in [-0.05, 0) is 12.1 Å². The highest BCUT2D eigenvalue weighted by atomic mass is 32.2. The van der Waals surface area contributed by atoms with E-state index in [9.17, 15) is 22.8 Å². The molecule has 1 heterocycles. The van der Waals surface area contributed by atoms with E-state index in [0.29, 0.717) is 11.1 Å². The summed E-state index contributed by atoms with van der Waals surface area (Å²) in [6.07, 6.45) is 0.589. The lowest BCUT2D eigenvalue weighted by atomic mass is 10.1. The first-order chi connectivity index (χ1) is 9.29.